The molecule has 63 heavy (non-hydrogen) atoms. The highest BCUT2D eigenvalue weighted by molar-refractivity contribution is 6.05. The van der Waals surface area contributed by atoms with Crippen molar-refractivity contribution in [3.8, 4) is 40.5 Å². The second kappa shape index (κ2) is 15.1. The zero-order chi connectivity index (χ0) is 43.5. The Kier molecular flexibility index (Phi) is 9.19. The number of anilines is 2. The fourth-order valence-electron chi connectivity index (χ4n) is 7.84. The number of aromatic hydroxyl groups is 2. The van der Waals surface area contributed by atoms with E-state index < -0.39 is 51.6 Å². The largest absolute Gasteiger partial charge is 0.501 e. The summed E-state index contributed by atoms with van der Waals surface area (Å²) in [7, 11) is 1.35. The molecule has 0 saturated heterocycles. The van der Waals surface area contributed by atoms with E-state index in [4.69, 9.17) is 14.0 Å². The standard InChI is InChI=1S/C42H31FN12O8/c1-52-35(50-31(33(56)41(52)60)39(58)46-23-16-44-62-19-23)37-49-28-15-22(43)11-12-30(28)55(37)26-13-21(14-26)18-53-36(51-32(34(57)42(53)61)40(59)47-24-17-45-63-20-24)38-48-27-9-5-6-10-29(27)54(38)25-7-3-2-4-8-25/h2-12,15-17,19-21,26,56-57H,13-14,18H2,1H3,(H,46,58)(H,47,59). The fourth-order valence-corrected chi connectivity index (χ4v) is 7.84. The molecule has 1 saturated carbocycles. The summed E-state index contributed by atoms with van der Waals surface area (Å²) < 4.78 is 30.1. The maximum absolute atomic E-state index is 14.6. The molecule has 20 nitrogen and oxygen atoms in total. The van der Waals surface area contributed by atoms with Crippen LogP contribution in [-0.2, 0) is 13.6 Å². The van der Waals surface area contributed by atoms with E-state index in [1.807, 2.05) is 53.1 Å². The van der Waals surface area contributed by atoms with Gasteiger partial charge in [-0.05, 0) is 55.2 Å². The van der Waals surface area contributed by atoms with E-state index in [0.29, 0.717) is 35.1 Å². The number of halogens is 1. The van der Waals surface area contributed by atoms with Gasteiger partial charge in [0.15, 0.2) is 34.7 Å². The van der Waals surface area contributed by atoms with Crippen molar-refractivity contribution < 1.29 is 33.2 Å². The fraction of sp³-hybridized carbons (Fsp3) is 0.143. The van der Waals surface area contributed by atoms with E-state index in [1.54, 1.807) is 10.6 Å². The van der Waals surface area contributed by atoms with Gasteiger partial charge < -0.3 is 34.5 Å². The summed E-state index contributed by atoms with van der Waals surface area (Å²) in [5, 5.41) is 34.2. The second-order valence-electron chi connectivity index (χ2n) is 14.8. The number of para-hydroxylation sites is 3. The Balaban J connectivity index is 1.05. The maximum atomic E-state index is 14.6. The first-order chi connectivity index (χ1) is 30.5. The lowest BCUT2D eigenvalue weighted by Crippen LogP contribution is -2.36. The predicted molar refractivity (Wildman–Crippen MR) is 221 cm³/mol. The van der Waals surface area contributed by atoms with Crippen LogP contribution < -0.4 is 21.8 Å². The molecule has 4 N–H and O–H groups in total. The van der Waals surface area contributed by atoms with E-state index >= 15 is 0 Å². The van der Waals surface area contributed by atoms with Crippen LogP contribution in [0.5, 0.6) is 11.5 Å². The molecule has 0 radical (unpaired) electrons. The highest BCUT2D eigenvalue weighted by Gasteiger charge is 2.37. The van der Waals surface area contributed by atoms with Crippen molar-refractivity contribution in [2.45, 2.75) is 25.4 Å². The Bertz CT molecular complexity index is 3370. The SMILES string of the molecule is Cn1c(-c2nc3cc(F)ccc3n2C2CC(Cn3c(-c4nc5ccccc5n4-c4ccccc4)nc(C(=O)Nc4cnoc4)c(O)c3=O)C2)nc(C(=O)Nc2cnoc2)c(O)c1=O. The summed E-state index contributed by atoms with van der Waals surface area (Å²) in [5.74, 6) is -4.20. The number of hydrogen-bond acceptors (Lipinski definition) is 14. The Labute approximate surface area is 351 Å². The van der Waals surface area contributed by atoms with E-state index in [1.165, 1.54) is 48.5 Å². The van der Waals surface area contributed by atoms with E-state index in [0.717, 1.165) is 10.8 Å². The third-order valence-electron chi connectivity index (χ3n) is 10.9. The van der Waals surface area contributed by atoms with Crippen LogP contribution >= 0.6 is 0 Å². The molecule has 6 heterocycles. The van der Waals surface area contributed by atoms with Gasteiger partial charge in [0, 0.05) is 31.4 Å². The smallest absolute Gasteiger partial charge is 0.296 e. The van der Waals surface area contributed by atoms with Crippen LogP contribution in [-0.4, -0.2) is 70.5 Å². The predicted octanol–water partition coefficient (Wildman–Crippen LogP) is 5.04. The molecule has 0 aliphatic heterocycles. The molecule has 0 bridgehead atoms. The summed E-state index contributed by atoms with van der Waals surface area (Å²) in [4.78, 5) is 73.1. The molecule has 314 valence electrons. The van der Waals surface area contributed by atoms with E-state index in [2.05, 4.69) is 35.9 Å². The van der Waals surface area contributed by atoms with Crippen LogP contribution in [0.15, 0.2) is 116 Å². The van der Waals surface area contributed by atoms with Gasteiger partial charge in [-0.25, -0.2) is 24.3 Å². The topological polar surface area (TPSA) is 256 Å². The molecule has 21 heteroatoms. The Hall–Kier alpha value is -8.75. The number of nitrogens with one attached hydrogen (secondary N) is 2. The average molecular weight is 851 g/mol. The molecule has 0 spiro atoms. The molecule has 9 aromatic rings. The number of hydrogen-bond donors (Lipinski definition) is 4. The van der Waals surface area contributed by atoms with Gasteiger partial charge in [0.1, 0.15) is 29.7 Å². The molecule has 0 atom stereocenters. The number of benzene rings is 3. The minimum atomic E-state index is -0.939. The third kappa shape index (κ3) is 6.63. The van der Waals surface area contributed by atoms with Crippen molar-refractivity contribution in [1.82, 2.24) is 48.5 Å². The number of rotatable bonds is 10. The van der Waals surface area contributed by atoms with Crippen molar-refractivity contribution in [2.75, 3.05) is 10.6 Å². The molecule has 1 aliphatic carbocycles. The molecule has 10 rings (SSSR count). The summed E-state index contributed by atoms with van der Waals surface area (Å²) in [6, 6.07) is 20.3. The minimum Gasteiger partial charge on any atom is -0.501 e. The molecular weight excluding hydrogens is 820 g/mol. The van der Waals surface area contributed by atoms with Crippen molar-refractivity contribution in [1.29, 1.82) is 0 Å². The van der Waals surface area contributed by atoms with Gasteiger partial charge in [-0.3, -0.25) is 32.9 Å². The van der Waals surface area contributed by atoms with Crippen LogP contribution in [0.1, 0.15) is 39.9 Å². The number of nitrogens with zero attached hydrogens (tertiary/aromatic N) is 10. The minimum absolute atomic E-state index is 0.00122. The first kappa shape index (κ1) is 38.5. The number of imidazole rings is 2. The first-order valence-electron chi connectivity index (χ1n) is 19.3. The molecule has 1 aliphatic rings. The lowest BCUT2D eigenvalue weighted by atomic mass is 9.79. The summed E-state index contributed by atoms with van der Waals surface area (Å²) in [6.07, 6.45) is 5.58. The van der Waals surface area contributed by atoms with Gasteiger partial charge >= 0.3 is 0 Å². The van der Waals surface area contributed by atoms with Crippen LogP contribution in [0.3, 0.4) is 0 Å². The number of fused-ring (bicyclic) bond motifs is 2. The summed E-state index contributed by atoms with van der Waals surface area (Å²) >= 11 is 0. The van der Waals surface area contributed by atoms with Crippen molar-refractivity contribution in [3.05, 3.63) is 136 Å². The van der Waals surface area contributed by atoms with Gasteiger partial charge in [0.25, 0.3) is 22.9 Å². The third-order valence-corrected chi connectivity index (χ3v) is 10.9. The zero-order valence-electron chi connectivity index (χ0n) is 32.7. The van der Waals surface area contributed by atoms with Crippen LogP contribution in [0.4, 0.5) is 15.8 Å². The lowest BCUT2D eigenvalue weighted by molar-refractivity contribution is 0.101. The van der Waals surface area contributed by atoms with Gasteiger partial charge in [-0.1, -0.05) is 40.6 Å². The summed E-state index contributed by atoms with van der Waals surface area (Å²) in [5.41, 5.74) is 0.0482. The van der Waals surface area contributed by atoms with Crippen LogP contribution in [0.2, 0.25) is 0 Å². The van der Waals surface area contributed by atoms with Gasteiger partial charge in [0.2, 0.25) is 11.5 Å². The highest BCUT2D eigenvalue weighted by Crippen LogP contribution is 2.43. The van der Waals surface area contributed by atoms with Crippen LogP contribution in [0, 0.1) is 11.7 Å². The van der Waals surface area contributed by atoms with E-state index in [-0.39, 0.29) is 58.7 Å². The molecule has 2 amide bonds. The molecule has 6 aromatic heterocycles. The molecule has 1 fully saturated rings. The zero-order valence-corrected chi connectivity index (χ0v) is 32.7. The lowest BCUT2D eigenvalue weighted by Gasteiger charge is -2.38. The average Bonchev–Trinajstić information content (AvgIpc) is 4.10. The van der Waals surface area contributed by atoms with Gasteiger partial charge in [0.05, 0.1) is 34.5 Å². The summed E-state index contributed by atoms with van der Waals surface area (Å²) in [6.45, 7) is 0.0104. The maximum Gasteiger partial charge on any atom is 0.296 e. The molecule has 3 aromatic carbocycles. The number of carbonyl (C=O) groups excluding carboxylic acids is 2. The van der Waals surface area contributed by atoms with Crippen LogP contribution in [0.25, 0.3) is 51.1 Å². The number of amides is 2. The Morgan fingerprint density at radius 2 is 1.35 bits per heavy atom. The normalized spacial score (nSPS) is 14.8. The van der Waals surface area contributed by atoms with Crippen molar-refractivity contribution in [3.63, 3.8) is 0 Å². The second-order valence-corrected chi connectivity index (χ2v) is 14.8. The van der Waals surface area contributed by atoms with E-state index in [9.17, 15) is 33.8 Å². The Morgan fingerprint density at radius 3 is 2.02 bits per heavy atom. The Morgan fingerprint density at radius 1 is 0.730 bits per heavy atom. The number of carbonyl (C=O) groups is 2. The highest BCUT2D eigenvalue weighted by atomic mass is 19.1. The van der Waals surface area contributed by atoms with Crippen molar-refractivity contribution >= 4 is 45.3 Å². The number of aromatic nitrogens is 10. The van der Waals surface area contributed by atoms with Crippen molar-refractivity contribution in [2.24, 2.45) is 13.0 Å². The quantitative estimate of drug-likeness (QED) is 0.141. The van der Waals surface area contributed by atoms with Gasteiger partial charge in [-0.15, -0.1) is 0 Å². The van der Waals surface area contributed by atoms with Gasteiger partial charge in [-0.2, -0.15) is 0 Å². The first-order valence-corrected chi connectivity index (χ1v) is 19.3. The molecule has 0 unspecified atom stereocenters. The molecular formula is C42H31FN12O8. The monoisotopic (exact) mass is 850 g/mol.